The highest BCUT2D eigenvalue weighted by Gasteiger charge is 2.32. The van der Waals surface area contributed by atoms with Crippen molar-refractivity contribution in [2.75, 3.05) is 31.1 Å². The number of carboxylic acid groups (broad SMARTS) is 1. The molecule has 0 saturated carbocycles. The van der Waals surface area contributed by atoms with Gasteiger partial charge in [-0.3, -0.25) is 14.3 Å². The van der Waals surface area contributed by atoms with Gasteiger partial charge in [0.2, 0.25) is 5.95 Å². The Morgan fingerprint density at radius 2 is 1.76 bits per heavy atom. The van der Waals surface area contributed by atoms with Crippen LogP contribution in [0.2, 0.25) is 0 Å². The fraction of sp³-hybridized carbons (Fsp3) is 0.231. The number of aryl methyl sites for hydroxylation is 2. The molecule has 1 aromatic carbocycles. The predicted octanol–water partition coefficient (Wildman–Crippen LogP) is 1.32. The number of fused-ring (bicyclic) bond motifs is 1. The van der Waals surface area contributed by atoms with E-state index in [0.717, 1.165) is 11.9 Å². The van der Waals surface area contributed by atoms with E-state index in [1.165, 1.54) is 33.5 Å². The molecule has 4 aromatic heterocycles. The summed E-state index contributed by atoms with van der Waals surface area (Å²) in [6.45, 7) is 1.24. The highest BCUT2D eigenvalue weighted by Crippen LogP contribution is 2.32. The second-order valence-electron chi connectivity index (χ2n) is 9.51. The number of aromatic nitrogens is 8. The van der Waals surface area contributed by atoms with Gasteiger partial charge in [0.25, 0.3) is 11.7 Å². The normalized spacial score (nSPS) is 13.6. The first-order chi connectivity index (χ1) is 19.7. The maximum Gasteiger partial charge on any atom is 0.354 e. The molecule has 1 aliphatic rings. The summed E-state index contributed by atoms with van der Waals surface area (Å²) in [7, 11) is 3.05. The predicted molar refractivity (Wildman–Crippen MR) is 142 cm³/mol. The van der Waals surface area contributed by atoms with E-state index in [-0.39, 0.29) is 46.6 Å². The molecule has 0 radical (unpaired) electrons. The summed E-state index contributed by atoms with van der Waals surface area (Å²) in [5, 5.41) is 25.5. The second-order valence-corrected chi connectivity index (χ2v) is 9.51. The molecule has 41 heavy (non-hydrogen) atoms. The van der Waals surface area contributed by atoms with Crippen LogP contribution in [0.5, 0.6) is 0 Å². The van der Waals surface area contributed by atoms with E-state index in [1.807, 2.05) is 35.2 Å². The topological polar surface area (TPSA) is 157 Å². The van der Waals surface area contributed by atoms with E-state index >= 15 is 4.39 Å². The average Bonchev–Trinajstić information content (AvgIpc) is 3.71. The minimum Gasteiger partial charge on any atom is -0.477 e. The Hall–Kier alpha value is -5.47. The molecule has 0 bridgehead atoms. The molecule has 14 nitrogen and oxygen atoms in total. The Bertz CT molecular complexity index is 1820. The number of tetrazole rings is 1. The lowest BCUT2D eigenvalue weighted by molar-refractivity contribution is -0.126. The molecule has 0 unspecified atom stereocenters. The van der Waals surface area contributed by atoms with Crippen molar-refractivity contribution >= 4 is 34.5 Å². The largest absolute Gasteiger partial charge is 0.477 e. The van der Waals surface area contributed by atoms with Crippen LogP contribution >= 0.6 is 0 Å². The van der Waals surface area contributed by atoms with Gasteiger partial charge in [-0.15, -0.1) is 0 Å². The Balaban J connectivity index is 1.25. The Labute approximate surface area is 231 Å². The van der Waals surface area contributed by atoms with Crippen molar-refractivity contribution in [3.8, 4) is 17.1 Å². The van der Waals surface area contributed by atoms with Gasteiger partial charge in [-0.2, -0.15) is 9.78 Å². The number of carbonyl (C=O) groups excluding carboxylic acids is 2. The zero-order valence-electron chi connectivity index (χ0n) is 22.0. The molecule has 1 N–H and O–H groups in total. The van der Waals surface area contributed by atoms with Gasteiger partial charge < -0.3 is 19.5 Å². The lowest BCUT2D eigenvalue weighted by Crippen LogP contribution is -2.51. The standard InChI is InChI=1S/C26H23FN10O4/c1-33-14-16(20-17(27)13-28-21(22(20)33)18-12-19(25(40)41)34(2)30-18)23(38)24(39)35-8-10-36(11-9-35)26-29-31-32-37(26)15-6-4-3-5-7-15/h3-7,12-14H,8-11H2,1-2H3,(H,40,41). The summed E-state index contributed by atoms with van der Waals surface area (Å²) in [5.74, 6) is -3.07. The van der Waals surface area contributed by atoms with Crippen LogP contribution in [0.4, 0.5) is 10.3 Å². The van der Waals surface area contributed by atoms with Crippen LogP contribution in [0.3, 0.4) is 0 Å². The quantitative estimate of drug-likeness (QED) is 0.238. The number of ketones is 1. The number of nitrogens with zero attached hydrogens (tertiary/aromatic N) is 10. The van der Waals surface area contributed by atoms with Crippen molar-refractivity contribution in [2.45, 2.75) is 0 Å². The van der Waals surface area contributed by atoms with Gasteiger partial charge >= 0.3 is 5.97 Å². The smallest absolute Gasteiger partial charge is 0.354 e. The molecule has 5 heterocycles. The van der Waals surface area contributed by atoms with Crippen LogP contribution in [0.1, 0.15) is 20.8 Å². The van der Waals surface area contributed by atoms with Crippen LogP contribution in [0, 0.1) is 5.82 Å². The molecule has 1 amide bonds. The van der Waals surface area contributed by atoms with E-state index in [2.05, 4.69) is 25.6 Å². The number of aromatic carboxylic acids is 1. The number of hydrogen-bond donors (Lipinski definition) is 1. The molecular formula is C26H23FN10O4. The van der Waals surface area contributed by atoms with Gasteiger partial charge in [-0.1, -0.05) is 23.3 Å². The van der Waals surface area contributed by atoms with Gasteiger partial charge in [0, 0.05) is 52.5 Å². The molecule has 1 saturated heterocycles. The molecule has 0 atom stereocenters. The number of rotatable bonds is 6. The second kappa shape index (κ2) is 9.93. The third-order valence-electron chi connectivity index (χ3n) is 7.04. The van der Waals surface area contributed by atoms with E-state index in [9.17, 15) is 19.5 Å². The van der Waals surface area contributed by atoms with Crippen molar-refractivity contribution in [2.24, 2.45) is 14.1 Å². The van der Waals surface area contributed by atoms with E-state index < -0.39 is 23.5 Å². The van der Waals surface area contributed by atoms with Crippen molar-refractivity contribution in [1.29, 1.82) is 0 Å². The zero-order valence-corrected chi connectivity index (χ0v) is 22.0. The van der Waals surface area contributed by atoms with Gasteiger partial charge in [-0.05, 0) is 22.6 Å². The molecule has 208 valence electrons. The maximum atomic E-state index is 15.1. The number of para-hydroxylation sites is 1. The molecular weight excluding hydrogens is 535 g/mol. The van der Waals surface area contributed by atoms with Crippen molar-refractivity contribution in [1.82, 2.24) is 44.4 Å². The SMILES string of the molecule is Cn1nc(-c2ncc(F)c3c(C(=O)C(=O)N4CCN(c5nnnn5-c5ccccc5)CC4)cn(C)c23)cc1C(=O)O. The molecule has 0 spiro atoms. The molecule has 6 rings (SSSR count). The van der Waals surface area contributed by atoms with E-state index in [1.54, 1.807) is 11.7 Å². The first-order valence-corrected chi connectivity index (χ1v) is 12.6. The number of carbonyl (C=O) groups is 3. The highest BCUT2D eigenvalue weighted by atomic mass is 19.1. The number of anilines is 1. The molecule has 1 aliphatic heterocycles. The number of benzene rings is 1. The number of hydrogen-bond acceptors (Lipinski definition) is 9. The lowest BCUT2D eigenvalue weighted by atomic mass is 10.1. The minimum atomic E-state index is -1.19. The molecule has 5 aromatic rings. The highest BCUT2D eigenvalue weighted by molar-refractivity contribution is 6.45. The first kappa shape index (κ1) is 25.8. The zero-order chi connectivity index (χ0) is 28.8. The van der Waals surface area contributed by atoms with E-state index in [0.29, 0.717) is 19.0 Å². The number of halogens is 1. The van der Waals surface area contributed by atoms with E-state index in [4.69, 9.17) is 0 Å². The van der Waals surface area contributed by atoms with Gasteiger partial charge in [0.05, 0.1) is 28.4 Å². The van der Waals surface area contributed by atoms with Gasteiger partial charge in [0.1, 0.15) is 17.1 Å². The number of Topliss-reactive ketones (excluding diaryl/α,β-unsaturated/α-hetero) is 1. The fourth-order valence-electron chi connectivity index (χ4n) is 5.03. The maximum absolute atomic E-state index is 15.1. The van der Waals surface area contributed by atoms with Crippen LogP contribution in [-0.2, 0) is 18.9 Å². The van der Waals surface area contributed by atoms with Gasteiger partial charge in [0.15, 0.2) is 5.82 Å². The lowest BCUT2D eigenvalue weighted by Gasteiger charge is -2.34. The summed E-state index contributed by atoms with van der Waals surface area (Å²) >= 11 is 0. The van der Waals surface area contributed by atoms with Crippen LogP contribution < -0.4 is 4.90 Å². The number of amides is 1. The Morgan fingerprint density at radius 3 is 2.44 bits per heavy atom. The fourth-order valence-corrected chi connectivity index (χ4v) is 5.03. The van der Waals surface area contributed by atoms with Crippen molar-refractivity contribution in [3.05, 3.63) is 65.9 Å². The van der Waals surface area contributed by atoms with Gasteiger partial charge in [-0.25, -0.2) is 14.2 Å². The Morgan fingerprint density at radius 1 is 1.02 bits per heavy atom. The average molecular weight is 559 g/mol. The third-order valence-corrected chi connectivity index (χ3v) is 7.04. The summed E-state index contributed by atoms with van der Waals surface area (Å²) in [6, 6.07) is 10.7. The Kier molecular flexibility index (Phi) is 6.25. The summed E-state index contributed by atoms with van der Waals surface area (Å²) < 4.78 is 19.4. The third kappa shape index (κ3) is 4.36. The summed E-state index contributed by atoms with van der Waals surface area (Å²) in [5.41, 5.74) is 1.18. The number of carboxylic acids is 1. The van der Waals surface area contributed by atoms with Crippen molar-refractivity contribution < 1.29 is 23.9 Å². The monoisotopic (exact) mass is 558 g/mol. The van der Waals surface area contributed by atoms with Crippen LogP contribution in [0.15, 0.2) is 48.8 Å². The molecule has 0 aliphatic carbocycles. The minimum absolute atomic E-state index is 0.0842. The summed E-state index contributed by atoms with van der Waals surface area (Å²) in [6.07, 6.45) is 2.31. The number of pyridine rings is 1. The van der Waals surface area contributed by atoms with Crippen LogP contribution in [0.25, 0.3) is 28.0 Å². The molecule has 1 fully saturated rings. The number of piperazine rings is 1. The first-order valence-electron chi connectivity index (χ1n) is 12.6. The molecule has 15 heteroatoms. The summed E-state index contributed by atoms with van der Waals surface area (Å²) in [4.78, 5) is 45.7. The van der Waals surface area contributed by atoms with Crippen LogP contribution in [-0.4, -0.2) is 93.4 Å². The van der Waals surface area contributed by atoms with Crippen molar-refractivity contribution in [3.63, 3.8) is 0 Å².